The number of amides is 3. The number of carbonyl (C=O) groups excluding carboxylic acids is 3. The number of carbonyl (C=O) groups is 3. The summed E-state index contributed by atoms with van der Waals surface area (Å²) in [6, 6.07) is 17.1. The van der Waals surface area contributed by atoms with Crippen LogP contribution >= 0.6 is 0 Å². The van der Waals surface area contributed by atoms with Crippen LogP contribution in [0.25, 0.3) is 0 Å². The molecule has 3 aliphatic rings. The number of nitrogens with one attached hydrogen (secondary N) is 2. The first-order valence-electron chi connectivity index (χ1n) is 13.3. The van der Waals surface area contributed by atoms with E-state index >= 15 is 0 Å². The number of nitrogens with zero attached hydrogens (tertiary/aromatic N) is 1. The Morgan fingerprint density at radius 1 is 1.05 bits per heavy atom. The first-order valence-corrected chi connectivity index (χ1v) is 13.3. The number of anilines is 1. The van der Waals surface area contributed by atoms with Gasteiger partial charge in [0.15, 0.2) is 0 Å². The zero-order valence-electron chi connectivity index (χ0n) is 22.4. The minimum atomic E-state index is -1.15. The Bertz CT molecular complexity index is 1210. The molecule has 3 amide bonds. The predicted molar refractivity (Wildman–Crippen MR) is 143 cm³/mol. The van der Waals surface area contributed by atoms with E-state index in [4.69, 9.17) is 4.74 Å². The summed E-state index contributed by atoms with van der Waals surface area (Å²) < 4.78 is 6.67. The number of para-hydroxylation sites is 1. The van der Waals surface area contributed by atoms with E-state index in [1.54, 1.807) is 12.1 Å². The Morgan fingerprint density at radius 3 is 2.29 bits per heavy atom. The largest absolute Gasteiger partial charge is 0.394 e. The lowest BCUT2D eigenvalue weighted by atomic mass is 9.66. The second-order valence-corrected chi connectivity index (χ2v) is 12.1. The third-order valence-electron chi connectivity index (χ3n) is 8.20. The van der Waals surface area contributed by atoms with E-state index in [2.05, 4.69) is 10.6 Å². The quantitative estimate of drug-likeness (QED) is 0.521. The fourth-order valence-corrected chi connectivity index (χ4v) is 6.77. The summed E-state index contributed by atoms with van der Waals surface area (Å²) in [5.74, 6) is -2.53. The molecule has 5 rings (SSSR count). The van der Waals surface area contributed by atoms with Crippen molar-refractivity contribution in [3.63, 3.8) is 0 Å². The van der Waals surface area contributed by atoms with Crippen LogP contribution in [0.4, 0.5) is 5.69 Å². The van der Waals surface area contributed by atoms with Crippen molar-refractivity contribution in [2.75, 3.05) is 11.9 Å². The van der Waals surface area contributed by atoms with Crippen molar-refractivity contribution in [2.24, 2.45) is 11.8 Å². The van der Waals surface area contributed by atoms with Crippen molar-refractivity contribution >= 4 is 23.4 Å². The number of aliphatic hydroxyl groups is 1. The van der Waals surface area contributed by atoms with E-state index in [0.717, 1.165) is 5.56 Å². The first-order chi connectivity index (χ1) is 18.0. The van der Waals surface area contributed by atoms with E-state index in [-0.39, 0.29) is 24.3 Å². The molecule has 3 saturated heterocycles. The first kappa shape index (κ1) is 26.4. The highest BCUT2D eigenvalue weighted by Gasteiger charge is 2.78. The Balaban J connectivity index is 1.55. The molecule has 2 unspecified atom stereocenters. The van der Waals surface area contributed by atoms with Crippen molar-refractivity contribution in [3.8, 4) is 0 Å². The lowest BCUT2D eigenvalue weighted by Crippen LogP contribution is -2.60. The van der Waals surface area contributed by atoms with Gasteiger partial charge in [-0.05, 0) is 64.7 Å². The molecule has 0 saturated carbocycles. The van der Waals surface area contributed by atoms with Crippen molar-refractivity contribution in [1.29, 1.82) is 0 Å². The van der Waals surface area contributed by atoms with Gasteiger partial charge in [-0.15, -0.1) is 0 Å². The molecule has 2 aromatic rings. The maximum Gasteiger partial charge on any atom is 0.246 e. The molecule has 0 aromatic heterocycles. The fourth-order valence-electron chi connectivity index (χ4n) is 6.77. The molecule has 2 bridgehead atoms. The molecule has 3 N–H and O–H groups in total. The summed E-state index contributed by atoms with van der Waals surface area (Å²) >= 11 is 0. The van der Waals surface area contributed by atoms with Crippen LogP contribution in [0.3, 0.4) is 0 Å². The molecule has 1 spiro atoms. The smallest absolute Gasteiger partial charge is 0.246 e. The van der Waals surface area contributed by atoms with E-state index < -0.39 is 40.7 Å². The highest BCUT2D eigenvalue weighted by atomic mass is 16.5. The summed E-state index contributed by atoms with van der Waals surface area (Å²) in [7, 11) is 0. The van der Waals surface area contributed by atoms with Crippen LogP contribution in [0.5, 0.6) is 0 Å². The monoisotopic (exact) mass is 519 g/mol. The van der Waals surface area contributed by atoms with Crippen molar-refractivity contribution in [1.82, 2.24) is 10.2 Å². The SMILES string of the molecule is CC(C)(C)NC(=O)C1N([C@@H](CO)Cc2ccccc2)C(=O)[C@@H]2[C@H](C(=O)Nc3ccccc3)[C@]3(C)CCC12O3. The average Bonchev–Trinajstić information content (AvgIpc) is 3.43. The summed E-state index contributed by atoms with van der Waals surface area (Å²) in [6.07, 6.45) is 1.42. The number of likely N-dealkylation sites (tertiary alicyclic amines) is 1. The summed E-state index contributed by atoms with van der Waals surface area (Å²) in [6.45, 7) is 7.22. The van der Waals surface area contributed by atoms with Crippen molar-refractivity contribution < 1.29 is 24.2 Å². The number of ether oxygens (including phenoxy) is 1. The van der Waals surface area contributed by atoms with Crippen LogP contribution < -0.4 is 10.6 Å². The molecule has 3 fully saturated rings. The van der Waals surface area contributed by atoms with Gasteiger partial charge in [-0.25, -0.2) is 0 Å². The van der Waals surface area contributed by atoms with Gasteiger partial charge in [-0.3, -0.25) is 14.4 Å². The van der Waals surface area contributed by atoms with Gasteiger partial charge in [0.1, 0.15) is 11.6 Å². The predicted octanol–water partition coefficient (Wildman–Crippen LogP) is 2.91. The molecule has 6 atom stereocenters. The molecule has 3 aliphatic heterocycles. The summed E-state index contributed by atoms with van der Waals surface area (Å²) in [4.78, 5) is 43.5. The van der Waals surface area contributed by atoms with Gasteiger partial charge >= 0.3 is 0 Å². The topological polar surface area (TPSA) is 108 Å². The molecule has 38 heavy (non-hydrogen) atoms. The van der Waals surface area contributed by atoms with Gasteiger partial charge in [0.25, 0.3) is 0 Å². The van der Waals surface area contributed by atoms with Gasteiger partial charge < -0.3 is 25.4 Å². The lowest BCUT2D eigenvalue weighted by molar-refractivity contribution is -0.149. The molecule has 202 valence electrons. The van der Waals surface area contributed by atoms with E-state index in [9.17, 15) is 19.5 Å². The maximum atomic E-state index is 14.3. The van der Waals surface area contributed by atoms with E-state index in [1.807, 2.05) is 76.2 Å². The highest BCUT2D eigenvalue weighted by molar-refractivity contribution is 6.02. The van der Waals surface area contributed by atoms with Crippen LogP contribution in [0, 0.1) is 11.8 Å². The summed E-state index contributed by atoms with van der Waals surface area (Å²) in [5.41, 5.74) is -0.984. The number of hydrogen-bond donors (Lipinski definition) is 3. The van der Waals surface area contributed by atoms with Crippen LogP contribution in [-0.2, 0) is 25.5 Å². The molecule has 3 heterocycles. The fraction of sp³-hybridized carbons (Fsp3) is 0.500. The van der Waals surface area contributed by atoms with Gasteiger partial charge in [0.05, 0.1) is 30.1 Å². The van der Waals surface area contributed by atoms with Crippen LogP contribution in [0.2, 0.25) is 0 Å². The van der Waals surface area contributed by atoms with Crippen LogP contribution in [0.1, 0.15) is 46.1 Å². The number of benzene rings is 2. The zero-order chi connectivity index (χ0) is 27.3. The summed E-state index contributed by atoms with van der Waals surface area (Å²) in [5, 5.41) is 16.5. The van der Waals surface area contributed by atoms with Gasteiger partial charge in [-0.2, -0.15) is 0 Å². The Kier molecular flexibility index (Phi) is 6.60. The lowest BCUT2D eigenvalue weighted by Gasteiger charge is -2.38. The molecule has 0 radical (unpaired) electrons. The average molecular weight is 520 g/mol. The molecule has 2 aromatic carbocycles. The second-order valence-electron chi connectivity index (χ2n) is 12.1. The third kappa shape index (κ3) is 4.39. The Hall–Kier alpha value is -3.23. The Morgan fingerprint density at radius 2 is 1.68 bits per heavy atom. The molecule has 0 aliphatic carbocycles. The van der Waals surface area contributed by atoms with E-state index in [1.165, 1.54) is 4.90 Å². The standard InChI is InChI=1S/C30H37N3O5/c1-28(2,3)32-26(36)24-30-16-15-29(4,38-30)22(25(35)31-20-13-9-6-10-14-20)23(30)27(37)33(24)21(18-34)17-19-11-7-5-8-12-19/h5-14,21-24,34H,15-18H2,1-4H3,(H,31,35)(H,32,36)/t21-,22-,23+,24?,29+,30?/m1/s1. The number of hydrogen-bond acceptors (Lipinski definition) is 5. The van der Waals surface area contributed by atoms with Crippen LogP contribution in [-0.4, -0.2) is 63.2 Å². The van der Waals surface area contributed by atoms with Gasteiger partial charge in [0.2, 0.25) is 17.7 Å². The van der Waals surface area contributed by atoms with Crippen LogP contribution in [0.15, 0.2) is 60.7 Å². The Labute approximate surface area is 223 Å². The van der Waals surface area contributed by atoms with E-state index in [0.29, 0.717) is 24.9 Å². The minimum Gasteiger partial charge on any atom is -0.394 e. The van der Waals surface area contributed by atoms with Crippen molar-refractivity contribution in [3.05, 3.63) is 66.2 Å². The molecular formula is C30H37N3O5. The maximum absolute atomic E-state index is 14.3. The zero-order valence-corrected chi connectivity index (χ0v) is 22.4. The number of aliphatic hydroxyl groups excluding tert-OH is 1. The third-order valence-corrected chi connectivity index (χ3v) is 8.20. The molecule has 8 heteroatoms. The number of fused-ring (bicyclic) bond motifs is 1. The van der Waals surface area contributed by atoms with Gasteiger partial charge in [-0.1, -0.05) is 48.5 Å². The van der Waals surface area contributed by atoms with Crippen molar-refractivity contribution in [2.45, 2.75) is 75.8 Å². The second kappa shape index (κ2) is 9.50. The highest BCUT2D eigenvalue weighted by Crippen LogP contribution is 2.63. The molecule has 8 nitrogen and oxygen atoms in total. The normalized spacial score (nSPS) is 30.7. The number of rotatable bonds is 7. The molecular weight excluding hydrogens is 482 g/mol. The minimum absolute atomic E-state index is 0.293. The van der Waals surface area contributed by atoms with Gasteiger partial charge in [0, 0.05) is 11.2 Å².